The van der Waals surface area contributed by atoms with Crippen molar-refractivity contribution in [3.8, 4) is 0 Å². The maximum atomic E-state index is 12.4. The first-order valence-electron chi connectivity index (χ1n) is 6.92. The maximum absolute atomic E-state index is 12.4. The molecule has 0 spiro atoms. The molecule has 0 bridgehead atoms. The summed E-state index contributed by atoms with van der Waals surface area (Å²) in [6.45, 7) is 5.91. The van der Waals surface area contributed by atoms with E-state index < -0.39 is 0 Å². The molecule has 0 amide bonds. The van der Waals surface area contributed by atoms with E-state index in [1.165, 1.54) is 12.0 Å². The van der Waals surface area contributed by atoms with E-state index in [4.69, 9.17) is 0 Å². The SMILES string of the molecule is CCC.C[C@H](CF)Cc1ccc(C2C=CN=N2)cc1. The minimum absolute atomic E-state index is 0.0626. The van der Waals surface area contributed by atoms with E-state index in [1.807, 2.05) is 37.3 Å². The topological polar surface area (TPSA) is 24.7 Å². The second kappa shape index (κ2) is 8.57. The van der Waals surface area contributed by atoms with E-state index in [1.54, 1.807) is 6.20 Å². The van der Waals surface area contributed by atoms with Crippen molar-refractivity contribution in [3.05, 3.63) is 47.7 Å². The fraction of sp³-hybridized carbons (Fsp3) is 0.500. The lowest BCUT2D eigenvalue weighted by atomic mass is 9.99. The molecule has 0 saturated carbocycles. The molecule has 0 N–H and O–H groups in total. The molecule has 3 heteroatoms. The summed E-state index contributed by atoms with van der Waals surface area (Å²) >= 11 is 0. The van der Waals surface area contributed by atoms with Crippen molar-refractivity contribution in [1.29, 1.82) is 0 Å². The van der Waals surface area contributed by atoms with Crippen molar-refractivity contribution in [2.45, 2.75) is 39.7 Å². The average molecular weight is 262 g/mol. The van der Waals surface area contributed by atoms with Crippen LogP contribution in [-0.2, 0) is 6.42 Å². The normalized spacial score (nSPS) is 18.0. The van der Waals surface area contributed by atoms with Crippen LogP contribution in [0, 0.1) is 5.92 Å². The number of azo groups is 1. The molecule has 0 aliphatic carbocycles. The Kier molecular flexibility index (Phi) is 7.01. The third-order valence-electron chi connectivity index (χ3n) is 2.69. The molecule has 0 fully saturated rings. The highest BCUT2D eigenvalue weighted by Crippen LogP contribution is 2.24. The molecule has 1 aliphatic heterocycles. The van der Waals surface area contributed by atoms with Crippen molar-refractivity contribution in [2.24, 2.45) is 16.1 Å². The predicted molar refractivity (Wildman–Crippen MR) is 78.0 cm³/mol. The molecular weight excluding hydrogens is 239 g/mol. The number of halogens is 1. The molecule has 104 valence electrons. The van der Waals surface area contributed by atoms with Gasteiger partial charge in [0.2, 0.25) is 0 Å². The van der Waals surface area contributed by atoms with Crippen LogP contribution in [0.4, 0.5) is 4.39 Å². The van der Waals surface area contributed by atoms with Gasteiger partial charge in [0.15, 0.2) is 0 Å². The molecule has 19 heavy (non-hydrogen) atoms. The van der Waals surface area contributed by atoms with Gasteiger partial charge in [-0.25, -0.2) is 0 Å². The number of alkyl halides is 1. The van der Waals surface area contributed by atoms with Crippen molar-refractivity contribution < 1.29 is 4.39 Å². The minimum Gasteiger partial charge on any atom is -0.251 e. The third kappa shape index (κ3) is 5.33. The zero-order valence-corrected chi connectivity index (χ0v) is 12.0. The molecule has 1 unspecified atom stereocenters. The summed E-state index contributed by atoms with van der Waals surface area (Å²) in [6.07, 6.45) is 5.71. The van der Waals surface area contributed by atoms with Gasteiger partial charge in [0.05, 0.1) is 6.67 Å². The van der Waals surface area contributed by atoms with E-state index in [0.717, 1.165) is 12.0 Å². The van der Waals surface area contributed by atoms with Crippen molar-refractivity contribution in [1.82, 2.24) is 0 Å². The van der Waals surface area contributed by atoms with Crippen molar-refractivity contribution in [3.63, 3.8) is 0 Å². The largest absolute Gasteiger partial charge is 0.251 e. The van der Waals surface area contributed by atoms with Crippen molar-refractivity contribution in [2.75, 3.05) is 6.67 Å². The standard InChI is InChI=1S/C13H15FN2.C3H8/c1-10(9-14)8-11-2-4-12(5-3-11)13-6-7-15-16-13;1-3-2/h2-7,10,13H,8-9H2,1H3;3H2,1-2H3/t10-,13?;/m0./s1. The lowest BCUT2D eigenvalue weighted by Gasteiger charge is -2.08. The number of hydrogen-bond acceptors (Lipinski definition) is 2. The Labute approximate surface area is 115 Å². The number of hydrogen-bond donors (Lipinski definition) is 0. The van der Waals surface area contributed by atoms with Crippen LogP contribution in [0.2, 0.25) is 0 Å². The minimum atomic E-state index is -0.263. The highest BCUT2D eigenvalue weighted by Gasteiger charge is 2.09. The zero-order chi connectivity index (χ0) is 14.1. The zero-order valence-electron chi connectivity index (χ0n) is 12.0. The summed E-state index contributed by atoms with van der Waals surface area (Å²) in [6, 6.07) is 8.23. The van der Waals surface area contributed by atoms with Crippen LogP contribution in [-0.4, -0.2) is 6.67 Å². The Hall–Kier alpha value is -1.51. The summed E-state index contributed by atoms with van der Waals surface area (Å²) in [5.41, 5.74) is 2.31. The van der Waals surface area contributed by atoms with E-state index in [0.29, 0.717) is 0 Å². The second-order valence-corrected chi connectivity index (χ2v) is 4.93. The quantitative estimate of drug-likeness (QED) is 0.706. The molecule has 1 heterocycles. The first kappa shape index (κ1) is 15.5. The molecule has 1 aromatic carbocycles. The highest BCUT2D eigenvalue weighted by atomic mass is 19.1. The first-order valence-corrected chi connectivity index (χ1v) is 6.92. The second-order valence-electron chi connectivity index (χ2n) is 4.93. The van der Waals surface area contributed by atoms with Crippen LogP contribution in [0.1, 0.15) is 44.4 Å². The molecule has 2 rings (SSSR count). The summed E-state index contributed by atoms with van der Waals surface area (Å²) in [7, 11) is 0. The maximum Gasteiger partial charge on any atom is 0.116 e. The number of benzene rings is 1. The van der Waals surface area contributed by atoms with Crippen LogP contribution in [0.3, 0.4) is 0 Å². The van der Waals surface area contributed by atoms with E-state index >= 15 is 0 Å². The molecule has 0 saturated heterocycles. The Morgan fingerprint density at radius 3 is 2.32 bits per heavy atom. The van der Waals surface area contributed by atoms with Gasteiger partial charge in [-0.3, -0.25) is 4.39 Å². The first-order chi connectivity index (χ1) is 9.21. The predicted octanol–water partition coefficient (Wildman–Crippen LogP) is 5.27. The van der Waals surface area contributed by atoms with E-state index in [2.05, 4.69) is 24.1 Å². The van der Waals surface area contributed by atoms with Crippen LogP contribution < -0.4 is 0 Å². The smallest absolute Gasteiger partial charge is 0.116 e. The van der Waals surface area contributed by atoms with Crippen LogP contribution in [0.5, 0.6) is 0 Å². The summed E-state index contributed by atoms with van der Waals surface area (Å²) in [4.78, 5) is 0. The summed E-state index contributed by atoms with van der Waals surface area (Å²) in [5.74, 6) is 0.0944. The molecule has 0 radical (unpaired) electrons. The van der Waals surface area contributed by atoms with Gasteiger partial charge in [0.25, 0.3) is 0 Å². The molecule has 1 aromatic rings. The summed E-state index contributed by atoms with van der Waals surface area (Å²) in [5, 5.41) is 7.89. The third-order valence-corrected chi connectivity index (χ3v) is 2.69. The van der Waals surface area contributed by atoms with Crippen LogP contribution >= 0.6 is 0 Å². The molecule has 2 nitrogen and oxygen atoms in total. The van der Waals surface area contributed by atoms with Gasteiger partial charge >= 0.3 is 0 Å². The fourth-order valence-electron chi connectivity index (χ4n) is 1.75. The number of rotatable bonds is 4. The molecule has 1 aliphatic rings. The highest BCUT2D eigenvalue weighted by molar-refractivity contribution is 5.28. The average Bonchev–Trinajstić information content (AvgIpc) is 2.94. The van der Waals surface area contributed by atoms with E-state index in [9.17, 15) is 4.39 Å². The molecular formula is C16H23FN2. The molecule has 0 aromatic heterocycles. The van der Waals surface area contributed by atoms with Gasteiger partial charge in [0, 0.05) is 6.20 Å². The molecule has 2 atom stereocenters. The Bertz CT molecular complexity index is 397. The monoisotopic (exact) mass is 262 g/mol. The van der Waals surface area contributed by atoms with Crippen LogP contribution in [0.15, 0.2) is 46.8 Å². The van der Waals surface area contributed by atoms with Crippen LogP contribution in [0.25, 0.3) is 0 Å². The lowest BCUT2D eigenvalue weighted by molar-refractivity contribution is 0.381. The number of nitrogens with zero attached hydrogens (tertiary/aromatic N) is 2. The van der Waals surface area contributed by atoms with Gasteiger partial charge in [-0.2, -0.15) is 10.2 Å². The summed E-state index contributed by atoms with van der Waals surface area (Å²) < 4.78 is 12.4. The van der Waals surface area contributed by atoms with Gasteiger partial charge < -0.3 is 0 Å². The fourth-order valence-corrected chi connectivity index (χ4v) is 1.75. The van der Waals surface area contributed by atoms with Gasteiger partial charge in [-0.1, -0.05) is 51.5 Å². The Balaban J connectivity index is 0.000000550. The Morgan fingerprint density at radius 2 is 1.84 bits per heavy atom. The van der Waals surface area contributed by atoms with Crippen molar-refractivity contribution >= 4 is 0 Å². The lowest BCUT2D eigenvalue weighted by Crippen LogP contribution is -2.01. The van der Waals surface area contributed by atoms with Gasteiger partial charge in [-0.05, 0) is 29.5 Å². The van der Waals surface area contributed by atoms with E-state index in [-0.39, 0.29) is 18.6 Å². The van der Waals surface area contributed by atoms with Gasteiger partial charge in [0.1, 0.15) is 6.04 Å². The van der Waals surface area contributed by atoms with Gasteiger partial charge in [-0.15, -0.1) is 0 Å². The Morgan fingerprint density at radius 1 is 1.21 bits per heavy atom.